The Morgan fingerprint density at radius 2 is 1.26 bits per heavy atom. The molecular weight excluding hydrogens is 1380 g/mol. The van der Waals surface area contributed by atoms with Crippen LogP contribution in [-0.2, 0) is 83.5 Å². The summed E-state index contributed by atoms with van der Waals surface area (Å²) in [5, 5.41) is 49.0. The van der Waals surface area contributed by atoms with Gasteiger partial charge in [-0.25, -0.2) is 8.78 Å². The monoisotopic (exact) mass is 1470 g/mol. The molecule has 3 aliphatic heterocycles. The zero-order chi connectivity index (χ0) is 73.2. The minimum Gasteiger partial charge on any atom is -0.508 e. The number of amides is 10. The van der Waals surface area contributed by atoms with Gasteiger partial charge in [0.15, 0.2) is 0 Å². The van der Waals surface area contributed by atoms with Gasteiger partial charge in [0.25, 0.3) is 0 Å². The molecule has 6 aromatic rings. The van der Waals surface area contributed by atoms with E-state index in [1.807, 2.05) is 6.07 Å². The van der Waals surface area contributed by atoms with E-state index in [4.69, 9.17) is 23.1 Å². The lowest BCUT2D eigenvalue weighted by Crippen LogP contribution is -2.63. The Bertz CT molecular complexity index is 4070. The number of carbonyl (C=O) groups excluding carboxylic acids is 10. The maximum atomic E-state index is 15.2. The number of fused-ring (bicyclic) bond motifs is 5. The number of hydrogen-bond acceptors (Lipinski definition) is 17. The number of aliphatic carboxylic acids is 1. The van der Waals surface area contributed by atoms with Crippen molar-refractivity contribution in [3.63, 3.8) is 0 Å². The number of aromatic hydroxyl groups is 1. The third-order valence-electron chi connectivity index (χ3n) is 18.0. The number of carboxylic acids is 1. The molecule has 2 saturated heterocycles. The van der Waals surface area contributed by atoms with Crippen LogP contribution < -0.4 is 64.6 Å². The predicted octanol–water partition coefficient (Wildman–Crippen LogP) is 1.77. The number of unbranched alkanes of at least 4 members (excludes halogenated alkanes) is 1. The number of nitrogens with zero attached hydrogens (tertiary/aromatic N) is 1. The number of phenolic OH excluding ortho intramolecular Hbond substituents is 1. The topological polar surface area (TPSA) is 435 Å². The summed E-state index contributed by atoms with van der Waals surface area (Å²) in [6.07, 6.45) is 2.01. The largest absolute Gasteiger partial charge is 0.508 e. The maximum absolute atomic E-state index is 15.2. The van der Waals surface area contributed by atoms with E-state index in [1.165, 1.54) is 108 Å². The number of phenols is 1. The number of primary amides is 1. The van der Waals surface area contributed by atoms with E-state index < -0.39 is 150 Å². The first-order valence-electron chi connectivity index (χ1n) is 33.4. The molecule has 546 valence electrons. The molecule has 10 amide bonds. The van der Waals surface area contributed by atoms with E-state index in [0.717, 1.165) is 11.1 Å². The maximum Gasteiger partial charge on any atom is 0.305 e. The summed E-state index contributed by atoms with van der Waals surface area (Å²) in [4.78, 5) is 165. The normalized spacial score (nSPS) is 24.1. The molecular formula is C69H84ClF2N15O13S2. The first-order valence-corrected chi connectivity index (χ1v) is 36.1. The summed E-state index contributed by atoms with van der Waals surface area (Å²) in [6.45, 7) is 1.65. The van der Waals surface area contributed by atoms with Crippen molar-refractivity contribution >= 4 is 122 Å². The standard InChI is InChI=1S/C69H84ClF2N15O13S2/c1-69-15-4-17-87(69)67(99)56(22-37-6-10-46(88)11-7-37)85-65(97)54(27-45-31-75-36-79-45)83-66(98)55(28-60(91)92)84-64(96)53(24-41-30-77-50-13-9-44(72)26-48(41)50)82-63(95)52(23-40-29-76-49-12-8-43(71)25-47(40)49)81-59(90)32-78-62(94)51(5-2-3-16-73)80-58(89)14-18-101-33-38-19-39(21-42(70)20-38)34-102-35-57(61(74)93)86-68(69)100/h6-13,19-21,25-26,29-30,45,51-57,75-77,79,88H,2-5,14-18,22-24,27-28,31-36,73H2,1H3,(H2,74,93)(H,78,94)(H,80,89)(H,81,90)(H,82,95)(H,83,98)(H,84,96)(H,85,97)(H,86,100)(H,91,92)/t45?,51-,52-,53-,54-,55-,56-,57-,69-/m0/s1. The number of halogens is 3. The highest BCUT2D eigenvalue weighted by Crippen LogP contribution is 2.32. The SMILES string of the molecule is C[C@@]12CCCN1C(=O)[C@H](Cc1ccc(O)cc1)NC(=O)[C@H](CC1CNCN1)NC(=O)[C@H](CC(=O)O)NC(=O)[C@H](Cc1c[nH]c3ccc(F)cc13)NC(=O)[C@H](Cc1c[nH]c3ccc(F)cc13)NC(=O)CNC(=O)[C@H](CCCCN)NC(=O)CCSCc1cc(Cl)cc(c1)CSC[C@@H](C(N)=O)NC2=O. The highest BCUT2D eigenvalue weighted by atomic mass is 35.5. The summed E-state index contributed by atoms with van der Waals surface area (Å²) < 4.78 is 29.9. The van der Waals surface area contributed by atoms with Crippen molar-refractivity contribution in [3.8, 4) is 5.75 Å². The van der Waals surface area contributed by atoms with Gasteiger partial charge in [0.1, 0.15) is 65.2 Å². The zero-order valence-corrected chi connectivity index (χ0v) is 58.2. The zero-order valence-electron chi connectivity index (χ0n) is 55.9. The van der Waals surface area contributed by atoms with Crippen LogP contribution in [0, 0.1) is 11.6 Å². The molecule has 0 radical (unpaired) electrons. The molecule has 5 heterocycles. The first kappa shape index (κ1) is 76.8. The number of nitrogens with two attached hydrogens (primary N) is 2. The van der Waals surface area contributed by atoms with E-state index in [2.05, 4.69) is 63.1 Å². The number of aromatic nitrogens is 2. The van der Waals surface area contributed by atoms with Crippen LogP contribution in [0.1, 0.15) is 86.1 Å². The van der Waals surface area contributed by atoms with Gasteiger partial charge < -0.3 is 89.7 Å². The number of carboxylic acid groups (broad SMARTS) is 1. The smallest absolute Gasteiger partial charge is 0.305 e. The minimum absolute atomic E-state index is 0.00574. The van der Waals surface area contributed by atoms with Gasteiger partial charge in [-0.1, -0.05) is 29.8 Å². The summed E-state index contributed by atoms with van der Waals surface area (Å²) in [6, 6.07) is 7.42. The second kappa shape index (κ2) is 36.0. The van der Waals surface area contributed by atoms with Crippen molar-refractivity contribution in [1.82, 2.24) is 68.0 Å². The van der Waals surface area contributed by atoms with Crippen molar-refractivity contribution in [2.75, 3.05) is 44.4 Å². The van der Waals surface area contributed by atoms with E-state index in [9.17, 15) is 52.6 Å². The number of thioether (sulfide) groups is 2. The van der Waals surface area contributed by atoms with Crippen LogP contribution in [0.5, 0.6) is 5.75 Å². The van der Waals surface area contributed by atoms with E-state index >= 15 is 19.2 Å². The molecule has 33 heteroatoms. The number of benzene rings is 4. The summed E-state index contributed by atoms with van der Waals surface area (Å²) in [7, 11) is 0. The molecule has 2 bridgehead atoms. The molecule has 0 spiro atoms. The quantitative estimate of drug-likeness (QED) is 0.0652. The summed E-state index contributed by atoms with van der Waals surface area (Å²) >= 11 is 9.29. The van der Waals surface area contributed by atoms with Crippen LogP contribution in [0.2, 0.25) is 5.02 Å². The lowest BCUT2D eigenvalue weighted by atomic mass is 9.95. The van der Waals surface area contributed by atoms with Crippen molar-refractivity contribution in [3.05, 3.63) is 136 Å². The van der Waals surface area contributed by atoms with Gasteiger partial charge in [-0.2, -0.15) is 23.5 Å². The van der Waals surface area contributed by atoms with Crippen molar-refractivity contribution in [2.24, 2.45) is 11.5 Å². The van der Waals surface area contributed by atoms with Gasteiger partial charge in [0.05, 0.1) is 13.0 Å². The highest BCUT2D eigenvalue weighted by molar-refractivity contribution is 7.98. The Kier molecular flexibility index (Phi) is 27.1. The van der Waals surface area contributed by atoms with Gasteiger partial charge in [0, 0.05) is 114 Å². The fraction of sp³-hybridized carbons (Fsp3) is 0.435. The first-order chi connectivity index (χ1) is 48.8. The predicted molar refractivity (Wildman–Crippen MR) is 379 cm³/mol. The summed E-state index contributed by atoms with van der Waals surface area (Å²) in [5.41, 5.74) is 13.5. The van der Waals surface area contributed by atoms with Crippen LogP contribution in [-0.4, -0.2) is 188 Å². The molecule has 28 nitrogen and oxygen atoms in total. The molecule has 102 heavy (non-hydrogen) atoms. The number of rotatable bonds is 15. The fourth-order valence-corrected chi connectivity index (χ4v) is 14.8. The Balaban J connectivity index is 1.06. The van der Waals surface area contributed by atoms with Crippen LogP contribution in [0.25, 0.3) is 21.8 Å². The molecule has 0 saturated carbocycles. The van der Waals surface area contributed by atoms with Crippen LogP contribution in [0.4, 0.5) is 8.78 Å². The summed E-state index contributed by atoms with van der Waals surface area (Å²) in [5.74, 6) is -10.8. The second-order valence-electron chi connectivity index (χ2n) is 25.7. The van der Waals surface area contributed by atoms with Gasteiger partial charge in [0.2, 0.25) is 59.1 Å². The molecule has 9 atom stereocenters. The molecule has 18 N–H and O–H groups in total. The minimum atomic E-state index is -2.02. The highest BCUT2D eigenvalue weighted by Gasteiger charge is 2.49. The van der Waals surface area contributed by atoms with Crippen LogP contribution in [0.3, 0.4) is 0 Å². The number of hydrogen-bond donors (Lipinski definition) is 16. The third kappa shape index (κ3) is 21.1. The van der Waals surface area contributed by atoms with Crippen LogP contribution in [0.15, 0.2) is 91.3 Å². The van der Waals surface area contributed by atoms with E-state index in [1.54, 1.807) is 12.1 Å². The molecule has 2 aromatic heterocycles. The lowest BCUT2D eigenvalue weighted by molar-refractivity contribution is -0.147. The van der Waals surface area contributed by atoms with Gasteiger partial charge in [-0.15, -0.1) is 0 Å². The van der Waals surface area contributed by atoms with Gasteiger partial charge >= 0.3 is 5.97 Å². The lowest BCUT2D eigenvalue weighted by Gasteiger charge is -2.37. The molecule has 9 rings (SSSR count). The second-order valence-corrected chi connectivity index (χ2v) is 28.3. The van der Waals surface area contributed by atoms with Gasteiger partial charge in [-0.05, 0) is 140 Å². The number of aromatic amines is 2. The average molecular weight is 1470 g/mol. The number of carbonyl (C=O) groups is 11. The Morgan fingerprint density at radius 3 is 1.88 bits per heavy atom. The molecule has 1 unspecified atom stereocenters. The van der Waals surface area contributed by atoms with Crippen molar-refractivity contribution < 1.29 is 71.7 Å². The van der Waals surface area contributed by atoms with Crippen molar-refractivity contribution in [2.45, 2.75) is 143 Å². The molecule has 4 aromatic carbocycles. The van der Waals surface area contributed by atoms with Crippen LogP contribution >= 0.6 is 35.1 Å². The van der Waals surface area contributed by atoms with E-state index in [-0.39, 0.29) is 87.3 Å². The Morgan fingerprint density at radius 1 is 0.676 bits per heavy atom. The molecule has 3 aliphatic rings. The van der Waals surface area contributed by atoms with E-state index in [0.29, 0.717) is 69.1 Å². The fourth-order valence-electron chi connectivity index (χ4n) is 12.6. The van der Waals surface area contributed by atoms with Gasteiger partial charge in [-0.3, -0.25) is 52.7 Å². The Hall–Kier alpha value is -9.34. The third-order valence-corrected chi connectivity index (χ3v) is 20.4. The Labute approximate surface area is 599 Å². The number of nitrogens with one attached hydrogen (secondary N) is 12. The molecule has 0 aliphatic carbocycles. The molecule has 2 fully saturated rings. The average Bonchev–Trinajstić information content (AvgIpc) is 1.59. The number of H-pyrrole nitrogens is 2. The van der Waals surface area contributed by atoms with Crippen molar-refractivity contribution in [1.29, 1.82) is 0 Å².